The summed E-state index contributed by atoms with van der Waals surface area (Å²) in [4.78, 5) is 24.8. The van der Waals surface area contributed by atoms with E-state index in [1.165, 1.54) is 17.0 Å². The smallest absolute Gasteiger partial charge is 0.319 e. The lowest BCUT2D eigenvalue weighted by atomic mass is 10.2. The van der Waals surface area contributed by atoms with Crippen molar-refractivity contribution in [3.8, 4) is 0 Å². The first-order chi connectivity index (χ1) is 8.97. The fraction of sp³-hybridized carbons (Fsp3) is 0.333. The van der Waals surface area contributed by atoms with E-state index in [1.807, 2.05) is 0 Å². The number of carbonyl (C=O) groups is 2. The van der Waals surface area contributed by atoms with Crippen LogP contribution in [0.2, 0.25) is 5.02 Å². The molecule has 3 amide bonds. The standard InChI is InChI=1S/C12H13ClFN3O2/c1-17-5-4-10(11(17)18)16-12(19)15-9-3-2-7(13)6-8(9)14/h2-3,6,10H,4-5H2,1H3,(H2,15,16,19). The van der Waals surface area contributed by atoms with Gasteiger partial charge in [0.15, 0.2) is 0 Å². The number of urea groups is 1. The predicted molar refractivity (Wildman–Crippen MR) is 69.6 cm³/mol. The van der Waals surface area contributed by atoms with Crippen LogP contribution in [0.5, 0.6) is 0 Å². The number of rotatable bonds is 2. The van der Waals surface area contributed by atoms with E-state index in [9.17, 15) is 14.0 Å². The van der Waals surface area contributed by atoms with Gasteiger partial charge in [-0.15, -0.1) is 0 Å². The third kappa shape index (κ3) is 3.14. The molecule has 1 aliphatic rings. The summed E-state index contributed by atoms with van der Waals surface area (Å²) in [5.41, 5.74) is 0.0145. The molecule has 1 heterocycles. The normalized spacial score (nSPS) is 18.6. The van der Waals surface area contributed by atoms with E-state index in [2.05, 4.69) is 10.6 Å². The molecule has 2 N–H and O–H groups in total. The van der Waals surface area contributed by atoms with Gasteiger partial charge in [0.05, 0.1) is 5.69 Å². The van der Waals surface area contributed by atoms with Crippen LogP contribution >= 0.6 is 11.6 Å². The zero-order chi connectivity index (χ0) is 14.0. The number of nitrogens with zero attached hydrogens (tertiary/aromatic N) is 1. The van der Waals surface area contributed by atoms with Crippen molar-refractivity contribution < 1.29 is 14.0 Å². The van der Waals surface area contributed by atoms with Gasteiger partial charge in [-0.25, -0.2) is 9.18 Å². The van der Waals surface area contributed by atoms with Gasteiger partial charge >= 0.3 is 6.03 Å². The van der Waals surface area contributed by atoms with E-state index < -0.39 is 17.9 Å². The number of anilines is 1. The summed E-state index contributed by atoms with van der Waals surface area (Å²) in [5.74, 6) is -0.774. The third-order valence-electron chi connectivity index (χ3n) is 2.91. The van der Waals surface area contributed by atoms with Crippen molar-refractivity contribution in [3.63, 3.8) is 0 Å². The molecule has 0 saturated carbocycles. The Hall–Kier alpha value is -1.82. The van der Waals surface area contributed by atoms with E-state index in [1.54, 1.807) is 7.05 Å². The number of hydrogen-bond acceptors (Lipinski definition) is 2. The number of amides is 3. The van der Waals surface area contributed by atoms with Crippen LogP contribution in [-0.2, 0) is 4.79 Å². The number of likely N-dealkylation sites (N-methyl/N-ethyl adjacent to an activating group) is 1. The average molecular weight is 286 g/mol. The van der Waals surface area contributed by atoms with Gasteiger partial charge in [-0.05, 0) is 24.6 Å². The SMILES string of the molecule is CN1CCC(NC(=O)Nc2ccc(Cl)cc2F)C1=O. The monoisotopic (exact) mass is 285 g/mol. The second-order valence-corrected chi connectivity index (χ2v) is 4.76. The van der Waals surface area contributed by atoms with Crippen molar-refractivity contribution in [2.24, 2.45) is 0 Å². The molecule has 1 atom stereocenters. The maximum atomic E-state index is 13.5. The Kier molecular flexibility index (Phi) is 3.90. The molecule has 1 aliphatic heterocycles. The maximum absolute atomic E-state index is 13.5. The summed E-state index contributed by atoms with van der Waals surface area (Å²) in [6, 6.07) is 2.76. The lowest BCUT2D eigenvalue weighted by molar-refractivity contribution is -0.128. The summed E-state index contributed by atoms with van der Waals surface area (Å²) >= 11 is 5.61. The van der Waals surface area contributed by atoms with Crippen molar-refractivity contribution >= 4 is 29.2 Å². The Balaban J connectivity index is 1.96. The van der Waals surface area contributed by atoms with E-state index in [-0.39, 0.29) is 16.6 Å². The molecule has 1 saturated heterocycles. The molecule has 1 aromatic carbocycles. The zero-order valence-electron chi connectivity index (χ0n) is 10.2. The first-order valence-electron chi connectivity index (χ1n) is 5.75. The van der Waals surface area contributed by atoms with Crippen LogP contribution in [0.3, 0.4) is 0 Å². The maximum Gasteiger partial charge on any atom is 0.319 e. The van der Waals surface area contributed by atoms with Crippen LogP contribution in [0.15, 0.2) is 18.2 Å². The van der Waals surface area contributed by atoms with Gasteiger partial charge in [0, 0.05) is 18.6 Å². The second kappa shape index (κ2) is 5.44. The third-order valence-corrected chi connectivity index (χ3v) is 3.15. The van der Waals surface area contributed by atoms with Gasteiger partial charge in [-0.2, -0.15) is 0 Å². The number of benzene rings is 1. The van der Waals surface area contributed by atoms with Gasteiger partial charge in [0.25, 0.3) is 0 Å². The number of hydrogen-bond donors (Lipinski definition) is 2. The molecule has 0 radical (unpaired) electrons. The largest absolute Gasteiger partial charge is 0.344 e. The fourth-order valence-corrected chi connectivity index (χ4v) is 2.02. The molecule has 0 spiro atoms. The molecule has 1 aromatic rings. The highest BCUT2D eigenvalue weighted by atomic mass is 35.5. The highest BCUT2D eigenvalue weighted by Crippen LogP contribution is 2.18. The average Bonchev–Trinajstić information content (AvgIpc) is 2.65. The van der Waals surface area contributed by atoms with Gasteiger partial charge in [-0.1, -0.05) is 11.6 Å². The summed E-state index contributed by atoms with van der Waals surface area (Å²) in [6.45, 7) is 0.596. The van der Waals surface area contributed by atoms with Gasteiger partial charge in [-0.3, -0.25) is 4.79 Å². The zero-order valence-corrected chi connectivity index (χ0v) is 11.0. The summed E-state index contributed by atoms with van der Waals surface area (Å²) < 4.78 is 13.5. The first kappa shape index (κ1) is 13.6. The minimum atomic E-state index is -0.627. The van der Waals surface area contributed by atoms with Crippen LogP contribution in [0.4, 0.5) is 14.9 Å². The summed E-state index contributed by atoms with van der Waals surface area (Å²) in [5, 5.41) is 5.10. The van der Waals surface area contributed by atoms with Crippen molar-refractivity contribution in [1.29, 1.82) is 0 Å². The number of nitrogens with one attached hydrogen (secondary N) is 2. The van der Waals surface area contributed by atoms with E-state index in [0.717, 1.165) is 6.07 Å². The quantitative estimate of drug-likeness (QED) is 0.871. The van der Waals surface area contributed by atoms with E-state index in [4.69, 9.17) is 11.6 Å². The van der Waals surface area contributed by atoms with Crippen LogP contribution in [0, 0.1) is 5.82 Å². The molecule has 102 valence electrons. The van der Waals surface area contributed by atoms with Crippen LogP contribution in [0.25, 0.3) is 0 Å². The Morgan fingerprint density at radius 2 is 2.26 bits per heavy atom. The fourth-order valence-electron chi connectivity index (χ4n) is 1.86. The predicted octanol–water partition coefficient (Wildman–Crippen LogP) is 1.83. The van der Waals surface area contributed by atoms with Crippen molar-refractivity contribution in [2.45, 2.75) is 12.5 Å². The Morgan fingerprint density at radius 3 is 2.84 bits per heavy atom. The van der Waals surface area contributed by atoms with Gasteiger partial charge < -0.3 is 15.5 Å². The number of carbonyl (C=O) groups excluding carboxylic acids is 2. The number of likely N-dealkylation sites (tertiary alicyclic amines) is 1. The van der Waals surface area contributed by atoms with E-state index in [0.29, 0.717) is 13.0 Å². The van der Waals surface area contributed by atoms with Crippen LogP contribution in [0.1, 0.15) is 6.42 Å². The lowest BCUT2D eigenvalue weighted by Crippen LogP contribution is -2.42. The second-order valence-electron chi connectivity index (χ2n) is 4.32. The molecule has 0 aromatic heterocycles. The summed E-state index contributed by atoms with van der Waals surface area (Å²) in [7, 11) is 1.67. The molecule has 2 rings (SSSR count). The molecule has 7 heteroatoms. The molecular formula is C12H13ClFN3O2. The number of halogens is 2. The highest BCUT2D eigenvalue weighted by Gasteiger charge is 2.30. The minimum Gasteiger partial charge on any atom is -0.344 e. The van der Waals surface area contributed by atoms with E-state index >= 15 is 0 Å². The van der Waals surface area contributed by atoms with Crippen LogP contribution < -0.4 is 10.6 Å². The summed E-state index contributed by atoms with van der Waals surface area (Å²) in [6.07, 6.45) is 0.547. The molecular weight excluding hydrogens is 273 g/mol. The van der Waals surface area contributed by atoms with Crippen molar-refractivity contribution in [2.75, 3.05) is 18.9 Å². The first-order valence-corrected chi connectivity index (χ1v) is 6.12. The molecule has 0 aliphatic carbocycles. The topological polar surface area (TPSA) is 61.4 Å². The Labute approximate surface area is 114 Å². The lowest BCUT2D eigenvalue weighted by Gasteiger charge is -2.13. The molecule has 1 fully saturated rings. The Morgan fingerprint density at radius 1 is 1.53 bits per heavy atom. The molecule has 1 unspecified atom stereocenters. The van der Waals surface area contributed by atoms with Gasteiger partial charge in [0.2, 0.25) is 5.91 Å². The van der Waals surface area contributed by atoms with Crippen LogP contribution in [-0.4, -0.2) is 36.5 Å². The molecule has 5 nitrogen and oxygen atoms in total. The Bertz CT molecular complexity index is 524. The molecule has 0 bridgehead atoms. The molecule has 19 heavy (non-hydrogen) atoms. The van der Waals surface area contributed by atoms with Crippen molar-refractivity contribution in [1.82, 2.24) is 10.2 Å². The minimum absolute atomic E-state index is 0.0145. The highest BCUT2D eigenvalue weighted by molar-refractivity contribution is 6.30. The van der Waals surface area contributed by atoms with Gasteiger partial charge in [0.1, 0.15) is 11.9 Å². The van der Waals surface area contributed by atoms with Crippen molar-refractivity contribution in [3.05, 3.63) is 29.0 Å².